The molecule has 4 nitrogen and oxygen atoms in total. The Balaban J connectivity index is 1.42. The third kappa shape index (κ3) is 6.32. The van der Waals surface area contributed by atoms with Crippen LogP contribution in [-0.2, 0) is 9.53 Å². The molecule has 1 heterocycles. The summed E-state index contributed by atoms with van der Waals surface area (Å²) < 4.78 is 6.27. The van der Waals surface area contributed by atoms with Crippen LogP contribution in [0, 0.1) is 0 Å². The monoisotopic (exact) mass is 379 g/mol. The Labute approximate surface area is 167 Å². The molecule has 2 aromatic rings. The van der Waals surface area contributed by atoms with Gasteiger partial charge >= 0.3 is 5.97 Å². The maximum atomic E-state index is 10.7. The average Bonchev–Trinajstić information content (AvgIpc) is 2.73. The summed E-state index contributed by atoms with van der Waals surface area (Å²) in [7, 11) is 0. The van der Waals surface area contributed by atoms with Crippen molar-refractivity contribution < 1.29 is 14.6 Å². The topological polar surface area (TPSA) is 49.8 Å². The number of aliphatic carboxylic acids is 1. The second-order valence-corrected chi connectivity index (χ2v) is 7.26. The minimum absolute atomic E-state index is 0.0268. The summed E-state index contributed by atoms with van der Waals surface area (Å²) in [6, 6.07) is 20.7. The molecule has 0 aliphatic carbocycles. The number of likely N-dealkylation sites (tertiary alicyclic amines) is 1. The van der Waals surface area contributed by atoms with Crippen molar-refractivity contribution in [3.05, 3.63) is 83.4 Å². The second-order valence-electron chi connectivity index (χ2n) is 7.26. The van der Waals surface area contributed by atoms with Gasteiger partial charge in [0.05, 0.1) is 0 Å². The standard InChI is InChI=1S/C24H29NO3/c26-23(27)19-20-13-16-25(17-14-20)15-7-8-18-28-24(21-9-3-1-4-10-21)22-11-5-2-6-12-22/h1-6,9-12,19,24H,7-8,13-18H2,(H,26,27). The van der Waals surface area contributed by atoms with E-state index in [4.69, 9.17) is 9.84 Å². The van der Waals surface area contributed by atoms with Gasteiger partial charge in [-0.05, 0) is 43.4 Å². The number of carboxylic acid groups (broad SMARTS) is 1. The van der Waals surface area contributed by atoms with Crippen LogP contribution in [0.2, 0.25) is 0 Å². The summed E-state index contributed by atoms with van der Waals surface area (Å²) in [5, 5.41) is 8.84. The van der Waals surface area contributed by atoms with Crippen LogP contribution in [0.15, 0.2) is 72.3 Å². The van der Waals surface area contributed by atoms with Crippen molar-refractivity contribution in [2.75, 3.05) is 26.2 Å². The highest BCUT2D eigenvalue weighted by atomic mass is 16.5. The van der Waals surface area contributed by atoms with E-state index in [1.807, 2.05) is 12.1 Å². The lowest BCUT2D eigenvalue weighted by molar-refractivity contribution is -0.131. The summed E-state index contributed by atoms with van der Waals surface area (Å²) in [5.74, 6) is -0.827. The molecule has 0 atom stereocenters. The Kier molecular flexibility index (Phi) is 7.82. The number of hydrogen-bond donors (Lipinski definition) is 1. The van der Waals surface area contributed by atoms with Gasteiger partial charge < -0.3 is 14.7 Å². The molecule has 1 aliphatic heterocycles. The molecule has 0 unspecified atom stereocenters. The first-order valence-corrected chi connectivity index (χ1v) is 10.1. The lowest BCUT2D eigenvalue weighted by Crippen LogP contribution is -2.31. The van der Waals surface area contributed by atoms with Crippen LogP contribution in [0.25, 0.3) is 0 Å². The quantitative estimate of drug-likeness (QED) is 0.508. The predicted molar refractivity (Wildman–Crippen MR) is 111 cm³/mol. The highest BCUT2D eigenvalue weighted by Gasteiger charge is 2.16. The maximum Gasteiger partial charge on any atom is 0.328 e. The Hall–Kier alpha value is -2.43. The predicted octanol–water partition coefficient (Wildman–Crippen LogP) is 4.68. The molecule has 0 spiro atoms. The zero-order valence-electron chi connectivity index (χ0n) is 16.3. The Morgan fingerprint density at radius 1 is 0.964 bits per heavy atom. The zero-order valence-corrected chi connectivity index (χ0v) is 16.3. The SMILES string of the molecule is O=C(O)C=C1CCN(CCCCOC(c2ccccc2)c2ccccc2)CC1. The van der Waals surface area contributed by atoms with Crippen molar-refractivity contribution in [2.24, 2.45) is 0 Å². The van der Waals surface area contributed by atoms with Gasteiger partial charge in [0.25, 0.3) is 0 Å². The van der Waals surface area contributed by atoms with Gasteiger partial charge in [0, 0.05) is 25.8 Å². The number of rotatable bonds is 9. The summed E-state index contributed by atoms with van der Waals surface area (Å²) in [5.41, 5.74) is 3.42. The molecule has 2 aromatic carbocycles. The third-order valence-corrected chi connectivity index (χ3v) is 5.18. The molecule has 4 heteroatoms. The van der Waals surface area contributed by atoms with E-state index in [0.29, 0.717) is 0 Å². The Bertz CT molecular complexity index is 708. The summed E-state index contributed by atoms with van der Waals surface area (Å²) in [6.07, 6.45) is 5.19. The molecule has 0 amide bonds. The van der Waals surface area contributed by atoms with E-state index < -0.39 is 5.97 Å². The minimum atomic E-state index is -0.827. The van der Waals surface area contributed by atoms with Gasteiger partial charge in [-0.25, -0.2) is 4.79 Å². The van der Waals surface area contributed by atoms with Gasteiger partial charge in [0.15, 0.2) is 0 Å². The highest BCUT2D eigenvalue weighted by molar-refractivity contribution is 5.80. The maximum absolute atomic E-state index is 10.7. The lowest BCUT2D eigenvalue weighted by atomic mass is 10.0. The summed E-state index contributed by atoms with van der Waals surface area (Å²) in [4.78, 5) is 13.2. The average molecular weight is 380 g/mol. The summed E-state index contributed by atoms with van der Waals surface area (Å²) >= 11 is 0. The first kappa shape index (κ1) is 20.3. The number of hydrogen-bond acceptors (Lipinski definition) is 3. The van der Waals surface area contributed by atoms with E-state index in [1.54, 1.807) is 0 Å². The number of benzene rings is 2. The van der Waals surface area contributed by atoms with E-state index in [9.17, 15) is 4.79 Å². The van der Waals surface area contributed by atoms with Gasteiger partial charge in [-0.3, -0.25) is 0 Å². The smallest absolute Gasteiger partial charge is 0.328 e. The fraction of sp³-hybridized carbons (Fsp3) is 0.375. The Morgan fingerprint density at radius 3 is 2.07 bits per heavy atom. The van der Waals surface area contributed by atoms with Crippen molar-refractivity contribution >= 4 is 5.97 Å². The lowest BCUT2D eigenvalue weighted by Gasteiger charge is -2.28. The number of carbonyl (C=O) groups is 1. The van der Waals surface area contributed by atoms with E-state index in [-0.39, 0.29) is 6.10 Å². The fourth-order valence-corrected chi connectivity index (χ4v) is 3.66. The molecule has 0 saturated carbocycles. The van der Waals surface area contributed by atoms with Gasteiger partial charge in [-0.1, -0.05) is 66.2 Å². The molecule has 148 valence electrons. The molecule has 1 saturated heterocycles. The molecule has 28 heavy (non-hydrogen) atoms. The number of ether oxygens (including phenoxy) is 1. The van der Waals surface area contributed by atoms with Gasteiger partial charge in [-0.2, -0.15) is 0 Å². The van der Waals surface area contributed by atoms with Crippen LogP contribution in [0.1, 0.15) is 42.9 Å². The van der Waals surface area contributed by atoms with E-state index in [0.717, 1.165) is 57.5 Å². The number of piperidine rings is 1. The van der Waals surface area contributed by atoms with Gasteiger partial charge in [0.1, 0.15) is 6.10 Å². The van der Waals surface area contributed by atoms with Crippen LogP contribution >= 0.6 is 0 Å². The fourth-order valence-electron chi connectivity index (χ4n) is 3.66. The largest absolute Gasteiger partial charge is 0.478 e. The third-order valence-electron chi connectivity index (χ3n) is 5.18. The van der Waals surface area contributed by atoms with Crippen LogP contribution in [0.4, 0.5) is 0 Å². The van der Waals surface area contributed by atoms with Crippen LogP contribution < -0.4 is 0 Å². The molecular weight excluding hydrogens is 350 g/mol. The second kappa shape index (κ2) is 10.8. The molecule has 1 aliphatic rings. The van der Waals surface area contributed by atoms with Crippen LogP contribution in [0.3, 0.4) is 0 Å². The number of unbranched alkanes of at least 4 members (excludes halogenated alkanes) is 1. The van der Waals surface area contributed by atoms with Crippen molar-refractivity contribution in [1.82, 2.24) is 4.90 Å². The normalized spacial score (nSPS) is 15.0. The minimum Gasteiger partial charge on any atom is -0.478 e. The van der Waals surface area contributed by atoms with Crippen molar-refractivity contribution in [3.8, 4) is 0 Å². The van der Waals surface area contributed by atoms with E-state index in [2.05, 4.69) is 53.4 Å². The molecule has 1 N–H and O–H groups in total. The summed E-state index contributed by atoms with van der Waals surface area (Å²) in [6.45, 7) is 3.69. The molecule has 1 fully saturated rings. The number of nitrogens with zero attached hydrogens (tertiary/aromatic N) is 1. The van der Waals surface area contributed by atoms with E-state index in [1.165, 1.54) is 17.2 Å². The first-order valence-electron chi connectivity index (χ1n) is 10.1. The molecule has 3 rings (SSSR count). The number of carboxylic acids is 1. The molecule has 0 radical (unpaired) electrons. The molecule has 0 aromatic heterocycles. The molecular formula is C24H29NO3. The Morgan fingerprint density at radius 2 is 1.54 bits per heavy atom. The highest BCUT2D eigenvalue weighted by Crippen LogP contribution is 2.26. The first-order chi connectivity index (χ1) is 13.7. The zero-order chi connectivity index (χ0) is 19.6. The van der Waals surface area contributed by atoms with Gasteiger partial charge in [-0.15, -0.1) is 0 Å². The van der Waals surface area contributed by atoms with Gasteiger partial charge in [0.2, 0.25) is 0 Å². The van der Waals surface area contributed by atoms with Crippen molar-refractivity contribution in [2.45, 2.75) is 31.8 Å². The van der Waals surface area contributed by atoms with Crippen molar-refractivity contribution in [1.29, 1.82) is 0 Å². The van der Waals surface area contributed by atoms with Crippen LogP contribution in [-0.4, -0.2) is 42.2 Å². The molecule has 0 bridgehead atoms. The van der Waals surface area contributed by atoms with Crippen molar-refractivity contribution in [3.63, 3.8) is 0 Å². The van der Waals surface area contributed by atoms with Crippen LogP contribution in [0.5, 0.6) is 0 Å². The van der Waals surface area contributed by atoms with E-state index >= 15 is 0 Å².